The van der Waals surface area contributed by atoms with Gasteiger partial charge in [0, 0.05) is 5.69 Å². The van der Waals surface area contributed by atoms with Crippen molar-refractivity contribution in [1.82, 2.24) is 25.6 Å². The third-order valence-electron chi connectivity index (χ3n) is 4.58. The number of hydrogen-bond donors (Lipinski definition) is 3. The number of carbonyl (C=O) groups is 2. The quantitative estimate of drug-likeness (QED) is 0.718. The molecule has 1 aliphatic rings. The molecular formula is C18H25ClN6O2. The van der Waals surface area contributed by atoms with Crippen LogP contribution < -0.4 is 16.0 Å². The molecule has 1 atom stereocenters. The SMILES string of the molecule is Cc1c(C(=O)NC(C)C(=O)Nc2ccccc2)nnn1C1CCNCC1.Cl. The highest BCUT2D eigenvalue weighted by Gasteiger charge is 2.24. The van der Waals surface area contributed by atoms with E-state index in [9.17, 15) is 9.59 Å². The Balaban J connectivity index is 0.00000261. The predicted octanol–water partition coefficient (Wildman–Crippen LogP) is 1.69. The molecule has 146 valence electrons. The number of anilines is 1. The molecule has 0 radical (unpaired) electrons. The maximum absolute atomic E-state index is 12.5. The van der Waals surface area contributed by atoms with Gasteiger partial charge in [-0.3, -0.25) is 9.59 Å². The van der Waals surface area contributed by atoms with Crippen LogP contribution in [0.4, 0.5) is 5.69 Å². The number of aromatic nitrogens is 3. The summed E-state index contributed by atoms with van der Waals surface area (Å²) >= 11 is 0. The summed E-state index contributed by atoms with van der Waals surface area (Å²) in [6, 6.07) is 8.69. The molecule has 1 aromatic heterocycles. The second-order valence-corrected chi connectivity index (χ2v) is 6.50. The number of para-hydroxylation sites is 1. The largest absolute Gasteiger partial charge is 0.339 e. The van der Waals surface area contributed by atoms with Crippen molar-refractivity contribution in [3.05, 3.63) is 41.7 Å². The maximum atomic E-state index is 12.5. The molecule has 2 aromatic rings. The van der Waals surface area contributed by atoms with Crippen LogP contribution in [0.2, 0.25) is 0 Å². The lowest BCUT2D eigenvalue weighted by atomic mass is 10.1. The van der Waals surface area contributed by atoms with E-state index in [-0.39, 0.29) is 30.0 Å². The summed E-state index contributed by atoms with van der Waals surface area (Å²) < 4.78 is 1.82. The highest BCUT2D eigenvalue weighted by molar-refractivity contribution is 6.00. The Labute approximate surface area is 164 Å². The minimum atomic E-state index is -0.689. The summed E-state index contributed by atoms with van der Waals surface area (Å²) in [6.07, 6.45) is 1.92. The average molecular weight is 393 g/mol. The van der Waals surface area contributed by atoms with Crippen molar-refractivity contribution < 1.29 is 9.59 Å². The van der Waals surface area contributed by atoms with Crippen LogP contribution in [0.5, 0.6) is 0 Å². The van der Waals surface area contributed by atoms with Gasteiger partial charge >= 0.3 is 0 Å². The number of nitrogens with one attached hydrogen (secondary N) is 3. The first kappa shape index (κ1) is 20.9. The summed E-state index contributed by atoms with van der Waals surface area (Å²) in [7, 11) is 0. The molecule has 8 nitrogen and oxygen atoms in total. The predicted molar refractivity (Wildman–Crippen MR) is 105 cm³/mol. The Morgan fingerprint density at radius 2 is 1.89 bits per heavy atom. The molecule has 1 unspecified atom stereocenters. The standard InChI is InChI=1S/C18H24N6O2.ClH/c1-12(17(25)21-14-6-4-3-5-7-14)20-18(26)16-13(2)24(23-22-16)15-8-10-19-11-9-15;/h3-7,12,15,19H,8-11H2,1-2H3,(H,20,26)(H,21,25);1H. The lowest BCUT2D eigenvalue weighted by Crippen LogP contribution is -2.42. The van der Waals surface area contributed by atoms with Crippen molar-refractivity contribution in [2.45, 2.75) is 38.8 Å². The zero-order valence-corrected chi connectivity index (χ0v) is 16.3. The average Bonchev–Trinajstić information content (AvgIpc) is 3.04. The summed E-state index contributed by atoms with van der Waals surface area (Å²) in [4.78, 5) is 24.8. The number of amides is 2. The first-order chi connectivity index (χ1) is 12.6. The third-order valence-corrected chi connectivity index (χ3v) is 4.58. The molecule has 3 rings (SSSR count). The summed E-state index contributed by atoms with van der Waals surface area (Å²) in [5.74, 6) is -0.675. The van der Waals surface area contributed by atoms with Crippen LogP contribution in [0.1, 0.15) is 42.0 Å². The fraction of sp³-hybridized carbons (Fsp3) is 0.444. The Hall–Kier alpha value is -2.45. The van der Waals surface area contributed by atoms with Gasteiger partial charge in [0.25, 0.3) is 5.91 Å². The number of rotatable bonds is 5. The lowest BCUT2D eigenvalue weighted by Gasteiger charge is -2.23. The van der Waals surface area contributed by atoms with Crippen LogP contribution in [0.3, 0.4) is 0 Å². The van der Waals surface area contributed by atoms with Crippen molar-refractivity contribution >= 4 is 29.9 Å². The highest BCUT2D eigenvalue weighted by atomic mass is 35.5. The lowest BCUT2D eigenvalue weighted by molar-refractivity contribution is -0.117. The van der Waals surface area contributed by atoms with Crippen LogP contribution in [0.25, 0.3) is 0 Å². The van der Waals surface area contributed by atoms with E-state index in [0.717, 1.165) is 31.6 Å². The number of benzene rings is 1. The molecule has 2 amide bonds. The second-order valence-electron chi connectivity index (χ2n) is 6.50. The Bertz CT molecular complexity index is 773. The molecule has 1 aliphatic heterocycles. The number of halogens is 1. The molecule has 0 bridgehead atoms. The number of nitrogens with zero attached hydrogens (tertiary/aromatic N) is 3. The van der Waals surface area contributed by atoms with Gasteiger partial charge in [-0.25, -0.2) is 4.68 Å². The van der Waals surface area contributed by atoms with E-state index in [0.29, 0.717) is 5.69 Å². The van der Waals surface area contributed by atoms with E-state index in [1.54, 1.807) is 19.1 Å². The zero-order chi connectivity index (χ0) is 18.5. The van der Waals surface area contributed by atoms with Crippen LogP contribution in [0, 0.1) is 6.92 Å². The molecule has 3 N–H and O–H groups in total. The third kappa shape index (κ3) is 5.05. The molecule has 9 heteroatoms. The van der Waals surface area contributed by atoms with E-state index < -0.39 is 11.9 Å². The van der Waals surface area contributed by atoms with Gasteiger partial charge in [0.05, 0.1) is 11.7 Å². The Morgan fingerprint density at radius 3 is 2.56 bits per heavy atom. The number of hydrogen-bond acceptors (Lipinski definition) is 5. The van der Waals surface area contributed by atoms with Gasteiger partial charge in [-0.15, -0.1) is 17.5 Å². The Kier molecular flexibility index (Phi) is 7.32. The second kappa shape index (κ2) is 9.48. The van der Waals surface area contributed by atoms with E-state index >= 15 is 0 Å². The van der Waals surface area contributed by atoms with Gasteiger partial charge in [-0.05, 0) is 51.9 Å². The van der Waals surface area contributed by atoms with E-state index in [1.165, 1.54) is 0 Å². The fourth-order valence-corrected chi connectivity index (χ4v) is 3.05. The molecule has 2 heterocycles. The van der Waals surface area contributed by atoms with Crippen molar-refractivity contribution in [3.63, 3.8) is 0 Å². The molecule has 1 saturated heterocycles. The molecule has 0 spiro atoms. The first-order valence-electron chi connectivity index (χ1n) is 8.85. The summed E-state index contributed by atoms with van der Waals surface area (Å²) in [6.45, 7) is 5.35. The molecule has 0 aliphatic carbocycles. The fourth-order valence-electron chi connectivity index (χ4n) is 3.05. The monoisotopic (exact) mass is 392 g/mol. The first-order valence-corrected chi connectivity index (χ1v) is 8.85. The number of piperidine rings is 1. The highest BCUT2D eigenvalue weighted by Crippen LogP contribution is 2.20. The van der Waals surface area contributed by atoms with Crippen molar-refractivity contribution in [3.8, 4) is 0 Å². The van der Waals surface area contributed by atoms with Gasteiger partial charge in [0.1, 0.15) is 6.04 Å². The molecular weight excluding hydrogens is 368 g/mol. The topological polar surface area (TPSA) is 101 Å². The normalized spacial score (nSPS) is 15.5. The maximum Gasteiger partial charge on any atom is 0.274 e. The number of carbonyl (C=O) groups excluding carboxylic acids is 2. The molecule has 27 heavy (non-hydrogen) atoms. The van der Waals surface area contributed by atoms with Crippen molar-refractivity contribution in [1.29, 1.82) is 0 Å². The smallest absolute Gasteiger partial charge is 0.274 e. The minimum absolute atomic E-state index is 0. The van der Waals surface area contributed by atoms with E-state index in [4.69, 9.17) is 0 Å². The van der Waals surface area contributed by atoms with Gasteiger partial charge in [-0.2, -0.15) is 0 Å². The van der Waals surface area contributed by atoms with E-state index in [2.05, 4.69) is 26.3 Å². The van der Waals surface area contributed by atoms with Crippen LogP contribution >= 0.6 is 12.4 Å². The summed E-state index contributed by atoms with van der Waals surface area (Å²) in [5.41, 5.74) is 1.68. The molecule has 1 fully saturated rings. The van der Waals surface area contributed by atoms with Crippen LogP contribution in [-0.2, 0) is 4.79 Å². The zero-order valence-electron chi connectivity index (χ0n) is 15.4. The minimum Gasteiger partial charge on any atom is -0.339 e. The van der Waals surface area contributed by atoms with Crippen LogP contribution in [-0.4, -0.2) is 45.9 Å². The van der Waals surface area contributed by atoms with Gasteiger partial charge < -0.3 is 16.0 Å². The van der Waals surface area contributed by atoms with Crippen molar-refractivity contribution in [2.75, 3.05) is 18.4 Å². The molecule has 0 saturated carbocycles. The Morgan fingerprint density at radius 1 is 1.22 bits per heavy atom. The molecule has 1 aromatic carbocycles. The van der Waals surface area contributed by atoms with Crippen molar-refractivity contribution in [2.24, 2.45) is 0 Å². The van der Waals surface area contributed by atoms with Gasteiger partial charge in [0.2, 0.25) is 5.91 Å². The summed E-state index contributed by atoms with van der Waals surface area (Å²) in [5, 5.41) is 17.0. The van der Waals surface area contributed by atoms with Gasteiger partial charge in [-0.1, -0.05) is 23.4 Å². The van der Waals surface area contributed by atoms with E-state index in [1.807, 2.05) is 29.8 Å². The van der Waals surface area contributed by atoms with Gasteiger partial charge in [0.15, 0.2) is 5.69 Å². The van der Waals surface area contributed by atoms with Crippen LogP contribution in [0.15, 0.2) is 30.3 Å².